The Morgan fingerprint density at radius 1 is 1.17 bits per heavy atom. The first-order valence-corrected chi connectivity index (χ1v) is 7.52. The number of para-hydroxylation sites is 1. The van der Waals surface area contributed by atoms with E-state index in [1.807, 2.05) is 0 Å². The summed E-state index contributed by atoms with van der Waals surface area (Å²) in [5.74, 6) is 0.964. The van der Waals surface area contributed by atoms with Gasteiger partial charge in [-0.05, 0) is 36.6 Å². The number of anilines is 1. The second kappa shape index (κ2) is 6.12. The van der Waals surface area contributed by atoms with E-state index in [1.54, 1.807) is 48.5 Å². The molecule has 0 aromatic heterocycles. The molecule has 0 unspecified atom stereocenters. The lowest BCUT2D eigenvalue weighted by Crippen LogP contribution is -2.14. The lowest BCUT2D eigenvalue weighted by atomic mass is 10.2. The SMILES string of the molecule is C[C@H]1C[C@H]1C(=O)Nc1cccc(Oc2ccccc2C(N)=O)c1. The van der Waals surface area contributed by atoms with Crippen LogP contribution in [0.3, 0.4) is 0 Å². The molecule has 2 atom stereocenters. The number of hydrogen-bond donors (Lipinski definition) is 2. The first-order chi connectivity index (χ1) is 11.0. The van der Waals surface area contributed by atoms with Crippen LogP contribution in [0.5, 0.6) is 11.5 Å². The molecule has 2 aromatic carbocycles. The van der Waals surface area contributed by atoms with Gasteiger partial charge in [0.15, 0.2) is 0 Å². The van der Waals surface area contributed by atoms with E-state index < -0.39 is 5.91 Å². The van der Waals surface area contributed by atoms with Crippen LogP contribution in [0.1, 0.15) is 23.7 Å². The lowest BCUT2D eigenvalue weighted by molar-refractivity contribution is -0.117. The van der Waals surface area contributed by atoms with Crippen LogP contribution in [0.15, 0.2) is 48.5 Å². The molecule has 1 aliphatic rings. The van der Waals surface area contributed by atoms with Crippen LogP contribution < -0.4 is 15.8 Å². The van der Waals surface area contributed by atoms with Gasteiger partial charge in [-0.1, -0.05) is 25.1 Å². The van der Waals surface area contributed by atoms with E-state index >= 15 is 0 Å². The molecule has 0 heterocycles. The van der Waals surface area contributed by atoms with Crippen LogP contribution in [-0.4, -0.2) is 11.8 Å². The largest absolute Gasteiger partial charge is 0.456 e. The summed E-state index contributed by atoms with van der Waals surface area (Å²) in [6.07, 6.45) is 0.939. The van der Waals surface area contributed by atoms with Crippen molar-refractivity contribution in [3.8, 4) is 11.5 Å². The highest BCUT2D eigenvalue weighted by Crippen LogP contribution is 2.38. The monoisotopic (exact) mass is 310 g/mol. The summed E-state index contributed by atoms with van der Waals surface area (Å²) in [5, 5.41) is 2.89. The minimum Gasteiger partial charge on any atom is -0.456 e. The van der Waals surface area contributed by atoms with Crippen LogP contribution in [-0.2, 0) is 4.79 Å². The predicted octanol–water partition coefficient (Wildman–Crippen LogP) is 3.17. The Labute approximate surface area is 134 Å². The third kappa shape index (κ3) is 3.51. The molecule has 0 radical (unpaired) electrons. The summed E-state index contributed by atoms with van der Waals surface area (Å²) >= 11 is 0. The molecule has 0 aliphatic heterocycles. The van der Waals surface area contributed by atoms with E-state index in [0.717, 1.165) is 6.42 Å². The minimum atomic E-state index is -0.548. The van der Waals surface area contributed by atoms with Gasteiger partial charge in [0.1, 0.15) is 11.5 Å². The van der Waals surface area contributed by atoms with Crippen molar-refractivity contribution >= 4 is 17.5 Å². The number of amides is 2. The molecule has 0 bridgehead atoms. The van der Waals surface area contributed by atoms with Gasteiger partial charge in [-0.25, -0.2) is 0 Å². The van der Waals surface area contributed by atoms with Gasteiger partial charge in [-0.3, -0.25) is 9.59 Å². The first kappa shape index (κ1) is 15.1. The number of benzene rings is 2. The van der Waals surface area contributed by atoms with Gasteiger partial charge in [0.05, 0.1) is 5.56 Å². The zero-order chi connectivity index (χ0) is 16.4. The van der Waals surface area contributed by atoms with Crippen molar-refractivity contribution in [2.45, 2.75) is 13.3 Å². The highest BCUT2D eigenvalue weighted by molar-refractivity contribution is 5.96. The Hall–Kier alpha value is -2.82. The van der Waals surface area contributed by atoms with Crippen molar-refractivity contribution in [3.05, 3.63) is 54.1 Å². The van der Waals surface area contributed by atoms with Crippen LogP contribution in [0.4, 0.5) is 5.69 Å². The number of ether oxygens (including phenoxy) is 1. The van der Waals surface area contributed by atoms with Gasteiger partial charge < -0.3 is 15.8 Å². The smallest absolute Gasteiger partial charge is 0.252 e. The second-order valence-electron chi connectivity index (χ2n) is 5.80. The Morgan fingerprint density at radius 3 is 2.61 bits per heavy atom. The highest BCUT2D eigenvalue weighted by Gasteiger charge is 2.39. The molecule has 23 heavy (non-hydrogen) atoms. The maximum Gasteiger partial charge on any atom is 0.252 e. The molecule has 0 spiro atoms. The van der Waals surface area contributed by atoms with E-state index in [1.165, 1.54) is 0 Å². The van der Waals surface area contributed by atoms with Gasteiger partial charge in [0, 0.05) is 17.7 Å². The maximum absolute atomic E-state index is 12.0. The molecule has 0 saturated heterocycles. The molecular formula is C18H18N2O3. The second-order valence-corrected chi connectivity index (χ2v) is 5.80. The molecule has 2 aromatic rings. The van der Waals surface area contributed by atoms with Crippen molar-refractivity contribution in [2.24, 2.45) is 17.6 Å². The molecule has 2 amide bonds. The molecule has 5 nitrogen and oxygen atoms in total. The number of primary amides is 1. The van der Waals surface area contributed by atoms with E-state index in [4.69, 9.17) is 10.5 Å². The van der Waals surface area contributed by atoms with Crippen molar-refractivity contribution in [2.75, 3.05) is 5.32 Å². The zero-order valence-electron chi connectivity index (χ0n) is 12.8. The van der Waals surface area contributed by atoms with E-state index in [-0.39, 0.29) is 11.8 Å². The number of carbonyl (C=O) groups is 2. The van der Waals surface area contributed by atoms with Gasteiger partial charge in [-0.15, -0.1) is 0 Å². The molecule has 1 saturated carbocycles. The Morgan fingerprint density at radius 2 is 1.91 bits per heavy atom. The Kier molecular flexibility index (Phi) is 4.02. The summed E-state index contributed by atoms with van der Waals surface area (Å²) in [4.78, 5) is 23.4. The fraction of sp³-hybridized carbons (Fsp3) is 0.222. The fourth-order valence-electron chi connectivity index (χ4n) is 2.45. The first-order valence-electron chi connectivity index (χ1n) is 7.52. The number of nitrogens with two attached hydrogens (primary N) is 1. The van der Waals surface area contributed by atoms with Gasteiger partial charge in [-0.2, -0.15) is 0 Å². The lowest BCUT2D eigenvalue weighted by Gasteiger charge is -2.11. The Balaban J connectivity index is 1.75. The van der Waals surface area contributed by atoms with E-state index in [0.29, 0.717) is 28.7 Å². The number of carbonyl (C=O) groups excluding carboxylic acids is 2. The maximum atomic E-state index is 12.0. The third-order valence-electron chi connectivity index (χ3n) is 3.93. The van der Waals surface area contributed by atoms with Crippen LogP contribution in [0, 0.1) is 11.8 Å². The molecule has 3 N–H and O–H groups in total. The summed E-state index contributed by atoms with van der Waals surface area (Å²) in [7, 11) is 0. The van der Waals surface area contributed by atoms with Crippen molar-refractivity contribution in [3.63, 3.8) is 0 Å². The summed E-state index contributed by atoms with van der Waals surface area (Å²) < 4.78 is 5.74. The topological polar surface area (TPSA) is 81.4 Å². The molecule has 118 valence electrons. The molecule has 5 heteroatoms. The third-order valence-corrected chi connectivity index (χ3v) is 3.93. The standard InChI is InChI=1S/C18H18N2O3/c1-11-9-15(11)18(22)20-12-5-4-6-13(10-12)23-16-8-3-2-7-14(16)17(19)21/h2-8,10-11,15H,9H2,1H3,(H2,19,21)(H,20,22)/t11-,15+/m0/s1. The van der Waals surface area contributed by atoms with Gasteiger partial charge in [0.2, 0.25) is 5.91 Å². The number of hydrogen-bond acceptors (Lipinski definition) is 3. The average Bonchev–Trinajstić information content (AvgIpc) is 3.25. The highest BCUT2D eigenvalue weighted by atomic mass is 16.5. The van der Waals surface area contributed by atoms with Gasteiger partial charge >= 0.3 is 0 Å². The average molecular weight is 310 g/mol. The molecular weight excluding hydrogens is 292 g/mol. The number of rotatable bonds is 5. The summed E-state index contributed by atoms with van der Waals surface area (Å²) in [6, 6.07) is 13.8. The van der Waals surface area contributed by atoms with Gasteiger partial charge in [0.25, 0.3) is 5.91 Å². The van der Waals surface area contributed by atoms with Crippen molar-refractivity contribution in [1.29, 1.82) is 0 Å². The van der Waals surface area contributed by atoms with Crippen molar-refractivity contribution < 1.29 is 14.3 Å². The fourth-order valence-corrected chi connectivity index (χ4v) is 2.45. The van der Waals surface area contributed by atoms with Crippen LogP contribution in [0.25, 0.3) is 0 Å². The quantitative estimate of drug-likeness (QED) is 0.890. The molecule has 3 rings (SSSR count). The molecule has 1 aliphatic carbocycles. The van der Waals surface area contributed by atoms with E-state index in [2.05, 4.69) is 12.2 Å². The molecule has 1 fully saturated rings. The number of nitrogens with one attached hydrogen (secondary N) is 1. The zero-order valence-corrected chi connectivity index (χ0v) is 12.8. The van der Waals surface area contributed by atoms with Crippen LogP contribution in [0.2, 0.25) is 0 Å². The minimum absolute atomic E-state index is 0.0344. The Bertz CT molecular complexity index is 757. The van der Waals surface area contributed by atoms with Crippen molar-refractivity contribution in [1.82, 2.24) is 0 Å². The normalized spacial score (nSPS) is 19.0. The van der Waals surface area contributed by atoms with E-state index in [9.17, 15) is 9.59 Å². The summed E-state index contributed by atoms with van der Waals surface area (Å²) in [6.45, 7) is 2.06. The van der Waals surface area contributed by atoms with Crippen LogP contribution >= 0.6 is 0 Å². The predicted molar refractivity (Wildman–Crippen MR) is 87.4 cm³/mol. The summed E-state index contributed by atoms with van der Waals surface area (Å²) in [5.41, 5.74) is 6.32.